The lowest BCUT2D eigenvalue weighted by Gasteiger charge is -2.48. The van der Waals surface area contributed by atoms with Crippen molar-refractivity contribution in [3.8, 4) is 11.1 Å². The van der Waals surface area contributed by atoms with Crippen LogP contribution in [0.2, 0.25) is 13.1 Å². The minimum Gasteiger partial charge on any atom is -0.312 e. The Morgan fingerprint density at radius 1 is 0.586 bits per heavy atom. The van der Waals surface area contributed by atoms with Crippen molar-refractivity contribution in [3.63, 3.8) is 0 Å². The lowest BCUT2D eigenvalue weighted by atomic mass is 9.36. The normalized spacial score (nSPS) is 16.9. The summed E-state index contributed by atoms with van der Waals surface area (Å²) in [6, 6.07) is 64.1. The lowest BCUT2D eigenvalue weighted by Crippen LogP contribution is -2.91. The first-order valence-electron chi connectivity index (χ1n) is 20.8. The molecule has 0 amide bonds. The van der Waals surface area contributed by atoms with Crippen molar-refractivity contribution < 1.29 is 0 Å². The van der Waals surface area contributed by atoms with Gasteiger partial charge in [0.25, 0.3) is 0 Å². The minimum absolute atomic E-state index is 0.148. The van der Waals surface area contributed by atoms with E-state index in [1.54, 1.807) is 25.9 Å². The average molecular weight is 812 g/mol. The number of rotatable bonds is 4. The van der Waals surface area contributed by atoms with Gasteiger partial charge in [0.1, 0.15) is 8.07 Å². The van der Waals surface area contributed by atoms with E-state index in [2.05, 4.69) is 187 Å². The Labute approximate surface area is 352 Å². The molecule has 12 rings (SSSR count). The van der Waals surface area contributed by atoms with Gasteiger partial charge in [-0.25, -0.2) is 0 Å². The minimum atomic E-state index is -2.77. The van der Waals surface area contributed by atoms with E-state index in [9.17, 15) is 0 Å². The van der Waals surface area contributed by atoms with Crippen LogP contribution in [0.3, 0.4) is 0 Å². The second-order valence-corrected chi connectivity index (χ2v) is 27.1. The number of hydrogen-bond acceptors (Lipinski definition) is 3. The molecule has 0 radical (unpaired) electrons. The summed E-state index contributed by atoms with van der Waals surface area (Å²) in [5.74, 6) is 0. The first-order valence-corrected chi connectivity index (χ1v) is 27.5. The fourth-order valence-corrected chi connectivity index (χ4v) is 22.0. The third-order valence-electron chi connectivity index (χ3n) is 13.7. The van der Waals surface area contributed by atoms with Gasteiger partial charge in [-0.3, -0.25) is 0 Å². The molecule has 0 atom stereocenters. The van der Waals surface area contributed by atoms with Crippen LogP contribution in [0.1, 0.15) is 25.7 Å². The van der Waals surface area contributed by atoms with Gasteiger partial charge in [0.2, 0.25) is 6.71 Å². The Kier molecular flexibility index (Phi) is 7.94. The van der Waals surface area contributed by atoms with E-state index in [0.717, 1.165) is 6.42 Å². The van der Waals surface area contributed by atoms with Crippen molar-refractivity contribution in [2.75, 3.05) is 4.90 Å². The second-order valence-electron chi connectivity index (χ2n) is 17.0. The first kappa shape index (κ1) is 34.9. The molecule has 0 fully saturated rings. The number of para-hydroxylation sites is 1. The van der Waals surface area contributed by atoms with Gasteiger partial charge in [-0.2, -0.15) is 0 Å². The summed E-state index contributed by atoms with van der Waals surface area (Å²) < 4.78 is 1.37. The third kappa shape index (κ3) is 4.89. The van der Waals surface area contributed by atoms with Gasteiger partial charge < -0.3 is 4.90 Å². The van der Waals surface area contributed by atoms with Crippen molar-refractivity contribution in [2.24, 2.45) is 0 Å². The monoisotopic (exact) mass is 811 g/mol. The van der Waals surface area contributed by atoms with Crippen molar-refractivity contribution in [3.05, 3.63) is 180 Å². The Morgan fingerprint density at radius 3 is 2.16 bits per heavy atom. The smallest absolute Gasteiger partial charge is 0.240 e. The van der Waals surface area contributed by atoms with E-state index in [0.29, 0.717) is 0 Å². The van der Waals surface area contributed by atoms with Crippen LogP contribution in [0.15, 0.2) is 185 Å². The molecule has 0 unspecified atom stereocenters. The number of allylic oxidation sites excluding steroid dienone is 2. The summed E-state index contributed by atoms with van der Waals surface area (Å²) in [6.07, 6.45) is 4.86. The van der Waals surface area contributed by atoms with E-state index in [-0.39, 0.29) is 6.71 Å². The van der Waals surface area contributed by atoms with Gasteiger partial charge in [-0.05, 0) is 98.7 Å². The van der Waals surface area contributed by atoms with E-state index in [1.807, 2.05) is 23.1 Å². The number of fused-ring (bicyclic) bond motifs is 6. The largest absolute Gasteiger partial charge is 0.312 e. The maximum atomic E-state index is 2.65. The van der Waals surface area contributed by atoms with Crippen LogP contribution < -0.4 is 52.4 Å². The number of nitrogens with zero attached hydrogens (tertiary/aromatic N) is 1. The molecule has 1 aliphatic carbocycles. The molecule has 4 aliphatic rings. The predicted molar refractivity (Wildman–Crippen MR) is 259 cm³/mol. The molecular formula is C52H42BNS2Si2. The Bertz CT molecular complexity index is 2950. The molecule has 278 valence electrons. The summed E-state index contributed by atoms with van der Waals surface area (Å²) in [5, 5.41) is 12.8. The van der Waals surface area contributed by atoms with Crippen LogP contribution in [-0.2, 0) is 0 Å². The fourth-order valence-electron chi connectivity index (χ4n) is 11.2. The number of thioether (sulfide) groups is 1. The lowest BCUT2D eigenvalue weighted by molar-refractivity contribution is 0.680. The zero-order valence-corrected chi connectivity index (χ0v) is 36.5. The Morgan fingerprint density at radius 2 is 1.33 bits per heavy atom. The zero-order chi connectivity index (χ0) is 38.6. The number of hydrogen-bond donors (Lipinski definition) is 0. The zero-order valence-electron chi connectivity index (χ0n) is 32.8. The maximum Gasteiger partial charge on any atom is 0.240 e. The molecule has 0 saturated carbocycles. The molecule has 58 heavy (non-hydrogen) atoms. The molecule has 0 saturated heterocycles. The van der Waals surface area contributed by atoms with E-state index >= 15 is 0 Å². The van der Waals surface area contributed by atoms with Crippen LogP contribution in [0.5, 0.6) is 0 Å². The highest BCUT2D eigenvalue weighted by molar-refractivity contribution is 8.03. The number of anilines is 2. The van der Waals surface area contributed by atoms with Gasteiger partial charge >= 0.3 is 0 Å². The standard InChI is InChI=1S/C52H42BNS2Si2/c1-57(2)48-25-14-26-49-51(48)53(41-29-28-37(34-50(41)57)54-43-21-9-11-23-45(43)56-46-24-12-10-22-44(46)54)42-33-36(40-20-13-15-35-31-32-55-52(35)40)27-30-47(42)58(49,38-16-5-3-6-17-38)39-18-7-4-8-19-39/h3-9,11,13-21,23,25-34H,10,12,22,24H2,1-2H3. The van der Waals surface area contributed by atoms with Crippen LogP contribution in [0.25, 0.3) is 21.2 Å². The predicted octanol–water partition coefficient (Wildman–Crippen LogP) is 7.94. The summed E-state index contributed by atoms with van der Waals surface area (Å²) >= 11 is 3.87. The highest BCUT2D eigenvalue weighted by atomic mass is 32.2. The highest BCUT2D eigenvalue weighted by Crippen LogP contribution is 2.51. The van der Waals surface area contributed by atoms with Crippen LogP contribution in [0.4, 0.5) is 11.4 Å². The molecular weight excluding hydrogens is 770 g/mol. The molecule has 1 nitrogen and oxygen atoms in total. The van der Waals surface area contributed by atoms with Crippen LogP contribution in [-0.4, -0.2) is 22.9 Å². The van der Waals surface area contributed by atoms with Gasteiger partial charge in [0, 0.05) is 25.9 Å². The molecule has 6 heteroatoms. The maximum absolute atomic E-state index is 2.77. The van der Waals surface area contributed by atoms with Gasteiger partial charge in [-0.1, -0.05) is 185 Å². The molecule has 1 aromatic heterocycles. The van der Waals surface area contributed by atoms with E-state index in [4.69, 9.17) is 0 Å². The Balaban J connectivity index is 1.16. The van der Waals surface area contributed by atoms with Crippen molar-refractivity contribution in [1.29, 1.82) is 0 Å². The van der Waals surface area contributed by atoms with Crippen LogP contribution >= 0.6 is 23.1 Å². The quantitative estimate of drug-likeness (QED) is 0.166. The average Bonchev–Trinajstić information content (AvgIpc) is 3.77. The summed E-state index contributed by atoms with van der Waals surface area (Å²) in [4.78, 5) is 5.59. The first-order chi connectivity index (χ1) is 28.5. The van der Waals surface area contributed by atoms with Gasteiger partial charge in [0.15, 0.2) is 8.07 Å². The molecule has 0 bridgehead atoms. The van der Waals surface area contributed by atoms with E-state index < -0.39 is 16.1 Å². The molecule has 7 aromatic carbocycles. The SMILES string of the molecule is C[Si]1(C)c2cc(N3C4=C(CCCC4)Sc4ccccc43)ccc2B2c3cc(-c4cccc5ccsc45)ccc3[Si](c3ccccc3)(c3ccccc3)c3cccc1c32. The molecule has 0 spiro atoms. The van der Waals surface area contributed by atoms with Crippen molar-refractivity contribution >= 4 is 115 Å². The van der Waals surface area contributed by atoms with Crippen LogP contribution in [0, 0.1) is 0 Å². The Hall–Kier alpha value is -5.11. The third-order valence-corrected chi connectivity index (χ3v) is 24.4. The summed E-state index contributed by atoms with van der Waals surface area (Å²) in [5.41, 5.74) is 11.4. The number of benzene rings is 7. The molecule has 3 aliphatic heterocycles. The number of thiophene rings is 1. The highest BCUT2D eigenvalue weighted by Gasteiger charge is 2.54. The fraction of sp³-hybridized carbons (Fsp3) is 0.115. The van der Waals surface area contributed by atoms with Crippen molar-refractivity contribution in [2.45, 2.75) is 43.7 Å². The molecule has 4 heterocycles. The molecule has 8 aromatic rings. The summed E-state index contributed by atoms with van der Waals surface area (Å²) in [6.45, 7) is 5.41. The topological polar surface area (TPSA) is 3.24 Å². The van der Waals surface area contributed by atoms with Crippen molar-refractivity contribution in [1.82, 2.24) is 0 Å². The summed E-state index contributed by atoms with van der Waals surface area (Å²) in [7, 11) is -5.00. The molecule has 0 N–H and O–H groups in total. The van der Waals surface area contributed by atoms with E-state index in [1.165, 1.54) is 88.9 Å². The second kappa shape index (κ2) is 13.2. The van der Waals surface area contributed by atoms with Gasteiger partial charge in [0.05, 0.1) is 5.69 Å². The van der Waals surface area contributed by atoms with Gasteiger partial charge in [-0.15, -0.1) is 11.3 Å².